The lowest BCUT2D eigenvalue weighted by molar-refractivity contribution is 0.0603. The van der Waals surface area contributed by atoms with Crippen LogP contribution in [-0.4, -0.2) is 44.3 Å². The van der Waals surface area contributed by atoms with Crippen LogP contribution in [0.5, 0.6) is 0 Å². The Morgan fingerprint density at radius 1 is 1.25 bits per heavy atom. The van der Waals surface area contributed by atoms with E-state index in [1.165, 1.54) is 0 Å². The van der Waals surface area contributed by atoms with Crippen molar-refractivity contribution >= 4 is 11.7 Å². The lowest BCUT2D eigenvalue weighted by Crippen LogP contribution is -2.44. The third kappa shape index (κ3) is 2.81. The van der Waals surface area contributed by atoms with Gasteiger partial charge in [-0.25, -0.2) is 19.9 Å². The van der Waals surface area contributed by atoms with Crippen LogP contribution in [0.25, 0.3) is 0 Å². The van der Waals surface area contributed by atoms with Gasteiger partial charge in [0.25, 0.3) is 5.91 Å². The van der Waals surface area contributed by atoms with Gasteiger partial charge in [-0.1, -0.05) is 0 Å². The highest BCUT2D eigenvalue weighted by molar-refractivity contribution is 5.94. The van der Waals surface area contributed by atoms with Crippen LogP contribution in [-0.2, 0) is 5.54 Å². The van der Waals surface area contributed by atoms with Crippen LogP contribution in [0.15, 0.2) is 18.5 Å². The number of carbonyl (C=O) groups is 1. The molecular formula is C17H22N6O. The summed E-state index contributed by atoms with van der Waals surface area (Å²) in [6.07, 6.45) is 4.91. The van der Waals surface area contributed by atoms with Crippen molar-refractivity contribution < 1.29 is 4.79 Å². The first-order valence-electron chi connectivity index (χ1n) is 8.08. The Bertz CT molecular complexity index is 760. The van der Waals surface area contributed by atoms with Crippen LogP contribution in [0.1, 0.15) is 47.5 Å². The molecule has 1 unspecified atom stereocenters. The van der Waals surface area contributed by atoms with Crippen LogP contribution in [0.4, 0.5) is 5.82 Å². The van der Waals surface area contributed by atoms with Crippen molar-refractivity contribution in [2.75, 3.05) is 18.9 Å². The summed E-state index contributed by atoms with van der Waals surface area (Å²) >= 11 is 0. The molecule has 7 heteroatoms. The van der Waals surface area contributed by atoms with Crippen molar-refractivity contribution in [1.82, 2.24) is 24.8 Å². The van der Waals surface area contributed by atoms with Gasteiger partial charge in [0.2, 0.25) is 0 Å². The Morgan fingerprint density at radius 3 is 2.62 bits per heavy atom. The highest BCUT2D eigenvalue weighted by Gasteiger charge is 2.44. The number of nitrogens with zero attached hydrogens (tertiary/aromatic N) is 5. The molecule has 0 aliphatic carbocycles. The summed E-state index contributed by atoms with van der Waals surface area (Å²) in [7, 11) is 1.83. The van der Waals surface area contributed by atoms with E-state index < -0.39 is 5.54 Å². The van der Waals surface area contributed by atoms with E-state index in [4.69, 9.17) is 0 Å². The quantitative estimate of drug-likeness (QED) is 0.929. The van der Waals surface area contributed by atoms with Crippen molar-refractivity contribution in [1.29, 1.82) is 0 Å². The number of amides is 1. The predicted molar refractivity (Wildman–Crippen MR) is 90.7 cm³/mol. The van der Waals surface area contributed by atoms with Gasteiger partial charge in [-0.05, 0) is 33.6 Å². The van der Waals surface area contributed by atoms with Gasteiger partial charge < -0.3 is 10.2 Å². The van der Waals surface area contributed by atoms with Crippen molar-refractivity contribution in [2.24, 2.45) is 0 Å². The number of hydrogen-bond acceptors (Lipinski definition) is 6. The second kappa shape index (κ2) is 6.14. The minimum absolute atomic E-state index is 0.0777. The highest BCUT2D eigenvalue weighted by atomic mass is 16.2. The zero-order valence-electron chi connectivity index (χ0n) is 14.5. The van der Waals surface area contributed by atoms with Gasteiger partial charge in [0.05, 0.1) is 5.56 Å². The van der Waals surface area contributed by atoms with Crippen molar-refractivity contribution in [2.45, 2.75) is 39.2 Å². The summed E-state index contributed by atoms with van der Waals surface area (Å²) in [6, 6.07) is 1.89. The van der Waals surface area contributed by atoms with Gasteiger partial charge in [-0.3, -0.25) is 4.79 Å². The Hall–Kier alpha value is -2.57. The van der Waals surface area contributed by atoms with Crippen molar-refractivity contribution in [3.8, 4) is 0 Å². The minimum atomic E-state index is -0.528. The molecular weight excluding hydrogens is 304 g/mol. The van der Waals surface area contributed by atoms with Gasteiger partial charge in [0.1, 0.15) is 17.2 Å². The van der Waals surface area contributed by atoms with Crippen LogP contribution >= 0.6 is 0 Å². The molecule has 1 aliphatic rings. The van der Waals surface area contributed by atoms with E-state index in [0.29, 0.717) is 23.8 Å². The first kappa shape index (κ1) is 16.3. The lowest BCUT2D eigenvalue weighted by Gasteiger charge is -2.34. The molecule has 0 bridgehead atoms. The maximum absolute atomic E-state index is 13.0. The average Bonchev–Trinajstić information content (AvgIpc) is 2.97. The SMILES string of the molecule is CNc1cc(C)nc(C2(C)CCCN2C(=O)c2cnc(C)nc2)n1. The zero-order chi connectivity index (χ0) is 17.3. The molecule has 1 atom stereocenters. The number of anilines is 1. The maximum Gasteiger partial charge on any atom is 0.257 e. The van der Waals surface area contributed by atoms with E-state index in [1.54, 1.807) is 19.3 Å². The normalized spacial score (nSPS) is 20.2. The Morgan fingerprint density at radius 2 is 1.96 bits per heavy atom. The summed E-state index contributed by atoms with van der Waals surface area (Å²) in [4.78, 5) is 32.3. The van der Waals surface area contributed by atoms with E-state index in [-0.39, 0.29) is 5.91 Å². The molecule has 1 N–H and O–H groups in total. The van der Waals surface area contributed by atoms with Crippen molar-refractivity contribution in [3.05, 3.63) is 41.4 Å². The molecule has 1 amide bonds. The van der Waals surface area contributed by atoms with Crippen LogP contribution in [0.2, 0.25) is 0 Å². The van der Waals surface area contributed by atoms with Gasteiger partial charge in [-0.2, -0.15) is 0 Å². The number of hydrogen-bond donors (Lipinski definition) is 1. The maximum atomic E-state index is 13.0. The molecule has 126 valence electrons. The highest BCUT2D eigenvalue weighted by Crippen LogP contribution is 2.38. The monoisotopic (exact) mass is 326 g/mol. The molecule has 0 aromatic carbocycles. The molecule has 1 aliphatic heterocycles. The summed E-state index contributed by atoms with van der Waals surface area (Å²) in [5.41, 5.74) is 0.846. The second-order valence-electron chi connectivity index (χ2n) is 6.32. The van der Waals surface area contributed by atoms with E-state index in [1.807, 2.05) is 31.9 Å². The van der Waals surface area contributed by atoms with Gasteiger partial charge in [-0.15, -0.1) is 0 Å². The molecule has 3 rings (SSSR count). The fraction of sp³-hybridized carbons (Fsp3) is 0.471. The standard InChI is InChI=1S/C17H22N6O/c1-11-8-14(18-4)22-16(21-11)17(3)6-5-7-23(17)15(24)13-9-19-12(2)20-10-13/h8-10H,5-7H2,1-4H3,(H,18,21,22). The Kier molecular flexibility index (Phi) is 4.17. The zero-order valence-corrected chi connectivity index (χ0v) is 14.5. The van der Waals surface area contributed by atoms with Crippen LogP contribution < -0.4 is 5.32 Å². The topological polar surface area (TPSA) is 83.9 Å². The fourth-order valence-electron chi connectivity index (χ4n) is 3.12. The third-order valence-electron chi connectivity index (χ3n) is 4.51. The van der Waals surface area contributed by atoms with E-state index in [9.17, 15) is 4.79 Å². The summed E-state index contributed by atoms with van der Waals surface area (Å²) in [5.74, 6) is 2.00. The molecule has 2 aromatic heterocycles. The number of aromatic nitrogens is 4. The first-order valence-corrected chi connectivity index (χ1v) is 8.08. The molecule has 1 fully saturated rings. The summed E-state index contributed by atoms with van der Waals surface area (Å²) in [6.45, 7) is 6.44. The van der Waals surface area contributed by atoms with Crippen molar-refractivity contribution in [3.63, 3.8) is 0 Å². The average molecular weight is 326 g/mol. The number of rotatable bonds is 3. The van der Waals surface area contributed by atoms with Gasteiger partial charge >= 0.3 is 0 Å². The summed E-state index contributed by atoms with van der Waals surface area (Å²) in [5, 5.41) is 3.06. The Balaban J connectivity index is 1.98. The molecule has 7 nitrogen and oxygen atoms in total. The van der Waals surface area contributed by atoms with E-state index >= 15 is 0 Å². The van der Waals surface area contributed by atoms with Crippen LogP contribution in [0.3, 0.4) is 0 Å². The number of nitrogens with one attached hydrogen (secondary N) is 1. The molecule has 3 heterocycles. The molecule has 1 saturated heterocycles. The van der Waals surface area contributed by atoms with E-state index in [2.05, 4.69) is 25.3 Å². The molecule has 0 spiro atoms. The number of likely N-dealkylation sites (tertiary alicyclic amines) is 1. The number of carbonyl (C=O) groups excluding carboxylic acids is 1. The fourth-order valence-corrected chi connectivity index (χ4v) is 3.12. The molecule has 24 heavy (non-hydrogen) atoms. The smallest absolute Gasteiger partial charge is 0.257 e. The predicted octanol–water partition coefficient (Wildman–Crippen LogP) is 2.08. The lowest BCUT2D eigenvalue weighted by atomic mass is 9.97. The van der Waals surface area contributed by atoms with Gasteiger partial charge in [0, 0.05) is 37.7 Å². The third-order valence-corrected chi connectivity index (χ3v) is 4.51. The van der Waals surface area contributed by atoms with Crippen LogP contribution in [0, 0.1) is 13.8 Å². The Labute approximate surface area is 141 Å². The van der Waals surface area contributed by atoms with Gasteiger partial charge in [0.15, 0.2) is 5.82 Å². The first-order chi connectivity index (χ1) is 11.4. The minimum Gasteiger partial charge on any atom is -0.373 e. The summed E-state index contributed by atoms with van der Waals surface area (Å²) < 4.78 is 0. The second-order valence-corrected chi connectivity index (χ2v) is 6.32. The number of aryl methyl sites for hydroxylation is 2. The molecule has 0 saturated carbocycles. The molecule has 0 radical (unpaired) electrons. The van der Waals surface area contributed by atoms with E-state index in [0.717, 1.165) is 24.4 Å². The molecule has 2 aromatic rings. The largest absolute Gasteiger partial charge is 0.373 e.